The number of hydrogen-bond donors (Lipinski definition) is 2. The number of carbonyl (C=O) groups is 3. The maximum absolute atomic E-state index is 13.7. The van der Waals surface area contributed by atoms with Crippen LogP contribution in [0.1, 0.15) is 34.5 Å². The minimum absolute atomic E-state index is 0.0222. The first-order chi connectivity index (χ1) is 16.6. The lowest BCUT2D eigenvalue weighted by molar-refractivity contribution is -0.136. The second kappa shape index (κ2) is 9.45. The van der Waals surface area contributed by atoms with Crippen molar-refractivity contribution in [3.63, 3.8) is 0 Å². The average molecular weight is 484 g/mol. The van der Waals surface area contributed by atoms with Crippen molar-refractivity contribution in [3.05, 3.63) is 77.7 Å². The Morgan fingerprint density at radius 1 is 1.00 bits per heavy atom. The lowest BCUT2D eigenvalue weighted by atomic mass is 10.1. The van der Waals surface area contributed by atoms with Gasteiger partial charge in [-0.05, 0) is 55.0 Å². The Morgan fingerprint density at radius 3 is 2.49 bits per heavy atom. The molecule has 0 saturated heterocycles. The van der Waals surface area contributed by atoms with E-state index in [1.807, 2.05) is 13.0 Å². The summed E-state index contributed by atoms with van der Waals surface area (Å²) in [6.45, 7) is 1.83. The van der Waals surface area contributed by atoms with Gasteiger partial charge in [-0.3, -0.25) is 14.4 Å². The third kappa shape index (κ3) is 5.40. The molecule has 0 spiro atoms. The van der Waals surface area contributed by atoms with Crippen LogP contribution in [0.4, 0.5) is 30.2 Å². The van der Waals surface area contributed by atoms with Crippen LogP contribution >= 0.6 is 0 Å². The Morgan fingerprint density at radius 2 is 1.80 bits per heavy atom. The van der Waals surface area contributed by atoms with Crippen molar-refractivity contribution >= 4 is 40.5 Å². The van der Waals surface area contributed by atoms with Crippen molar-refractivity contribution in [2.45, 2.75) is 25.9 Å². The number of nitrogens with one attached hydrogen (secondary N) is 2. The monoisotopic (exact) mass is 484 g/mol. The first-order valence-corrected chi connectivity index (χ1v) is 10.5. The van der Waals surface area contributed by atoms with E-state index in [1.165, 1.54) is 24.5 Å². The van der Waals surface area contributed by atoms with E-state index in [0.29, 0.717) is 11.8 Å². The zero-order valence-electron chi connectivity index (χ0n) is 18.3. The standard InChI is InChI=1S/C24H19F3N4O4/c1-14-4-2-5-16(12-14)31-21(32)10-9-19(30-31)22(33)29-18-8-7-15(13-17(18)24(25,26)27)28-23(34)20-6-3-11-35-20/h2-8,11-13H,9-10H2,1H3,(H,28,34)(H,29,33). The molecule has 2 aromatic carbocycles. The van der Waals surface area contributed by atoms with Gasteiger partial charge in [-0.1, -0.05) is 12.1 Å². The molecule has 8 nitrogen and oxygen atoms in total. The van der Waals surface area contributed by atoms with Crippen LogP contribution in [0.5, 0.6) is 0 Å². The predicted molar refractivity (Wildman–Crippen MR) is 122 cm³/mol. The lowest BCUT2D eigenvalue weighted by Gasteiger charge is -2.23. The number of amides is 3. The molecule has 1 aliphatic rings. The molecule has 0 saturated carbocycles. The molecule has 1 aromatic heterocycles. The predicted octanol–water partition coefficient (Wildman–Crippen LogP) is 4.98. The van der Waals surface area contributed by atoms with Gasteiger partial charge in [0.05, 0.1) is 23.2 Å². The molecule has 35 heavy (non-hydrogen) atoms. The van der Waals surface area contributed by atoms with Crippen molar-refractivity contribution < 1.29 is 32.0 Å². The number of alkyl halides is 3. The second-order valence-electron chi connectivity index (χ2n) is 7.73. The molecule has 3 aromatic rings. The summed E-state index contributed by atoms with van der Waals surface area (Å²) in [4.78, 5) is 37.2. The molecule has 4 rings (SSSR count). The molecule has 0 fully saturated rings. The van der Waals surface area contributed by atoms with E-state index in [4.69, 9.17) is 4.42 Å². The van der Waals surface area contributed by atoms with E-state index in [-0.39, 0.29) is 35.9 Å². The molecule has 0 radical (unpaired) electrons. The van der Waals surface area contributed by atoms with Gasteiger partial charge in [0.25, 0.3) is 11.8 Å². The van der Waals surface area contributed by atoms with Gasteiger partial charge in [0, 0.05) is 18.5 Å². The van der Waals surface area contributed by atoms with E-state index in [9.17, 15) is 27.6 Å². The van der Waals surface area contributed by atoms with E-state index in [2.05, 4.69) is 15.7 Å². The van der Waals surface area contributed by atoms with Crippen LogP contribution in [-0.4, -0.2) is 23.4 Å². The number of hydrazone groups is 1. The van der Waals surface area contributed by atoms with Crippen molar-refractivity contribution in [2.24, 2.45) is 5.10 Å². The zero-order valence-corrected chi connectivity index (χ0v) is 18.3. The highest BCUT2D eigenvalue weighted by atomic mass is 19.4. The highest BCUT2D eigenvalue weighted by Gasteiger charge is 2.35. The highest BCUT2D eigenvalue weighted by Crippen LogP contribution is 2.37. The molecule has 0 unspecified atom stereocenters. The van der Waals surface area contributed by atoms with Gasteiger partial charge in [-0.15, -0.1) is 0 Å². The summed E-state index contributed by atoms with van der Waals surface area (Å²) < 4.78 is 46.1. The number of benzene rings is 2. The molecule has 180 valence electrons. The summed E-state index contributed by atoms with van der Waals surface area (Å²) in [6, 6.07) is 12.7. The molecular formula is C24H19F3N4O4. The molecule has 11 heteroatoms. The van der Waals surface area contributed by atoms with Crippen molar-refractivity contribution in [3.8, 4) is 0 Å². The van der Waals surface area contributed by atoms with Gasteiger partial charge in [-0.2, -0.15) is 18.3 Å². The van der Waals surface area contributed by atoms with Gasteiger partial charge < -0.3 is 15.1 Å². The minimum Gasteiger partial charge on any atom is -0.459 e. The molecule has 2 heterocycles. The van der Waals surface area contributed by atoms with Gasteiger partial charge in [0.2, 0.25) is 5.91 Å². The topological polar surface area (TPSA) is 104 Å². The van der Waals surface area contributed by atoms with Crippen molar-refractivity contribution in [1.82, 2.24) is 0 Å². The second-order valence-corrected chi connectivity index (χ2v) is 7.73. The highest BCUT2D eigenvalue weighted by molar-refractivity contribution is 6.44. The van der Waals surface area contributed by atoms with Gasteiger partial charge in [-0.25, -0.2) is 5.01 Å². The van der Waals surface area contributed by atoms with Crippen LogP contribution < -0.4 is 15.6 Å². The summed E-state index contributed by atoms with van der Waals surface area (Å²) in [7, 11) is 0. The van der Waals surface area contributed by atoms with E-state index >= 15 is 0 Å². The summed E-state index contributed by atoms with van der Waals surface area (Å²) in [5, 5.41) is 9.72. The number of rotatable bonds is 5. The van der Waals surface area contributed by atoms with Crippen LogP contribution in [-0.2, 0) is 15.8 Å². The van der Waals surface area contributed by atoms with E-state index in [0.717, 1.165) is 16.6 Å². The van der Waals surface area contributed by atoms with E-state index < -0.39 is 29.2 Å². The molecule has 0 atom stereocenters. The van der Waals surface area contributed by atoms with Gasteiger partial charge in [0.15, 0.2) is 5.76 Å². The van der Waals surface area contributed by atoms with Crippen LogP contribution in [0.2, 0.25) is 0 Å². The third-order valence-electron chi connectivity index (χ3n) is 5.12. The Hall–Kier alpha value is -4.41. The van der Waals surface area contributed by atoms with Crippen LogP contribution in [0.25, 0.3) is 0 Å². The molecule has 2 N–H and O–H groups in total. The fraction of sp³-hybridized carbons (Fsp3) is 0.167. The number of carbonyl (C=O) groups excluding carboxylic acids is 3. The Kier molecular flexibility index (Phi) is 6.41. The van der Waals surface area contributed by atoms with Crippen LogP contribution in [0, 0.1) is 6.92 Å². The van der Waals surface area contributed by atoms with Crippen molar-refractivity contribution in [1.29, 1.82) is 0 Å². The summed E-state index contributed by atoms with van der Waals surface area (Å²) >= 11 is 0. The van der Waals surface area contributed by atoms with E-state index in [1.54, 1.807) is 18.2 Å². The molecule has 0 aliphatic carbocycles. The first-order valence-electron chi connectivity index (χ1n) is 10.5. The average Bonchev–Trinajstić information content (AvgIpc) is 3.35. The van der Waals surface area contributed by atoms with Gasteiger partial charge in [0.1, 0.15) is 5.71 Å². The number of nitrogens with zero attached hydrogens (tertiary/aromatic N) is 2. The fourth-order valence-corrected chi connectivity index (χ4v) is 3.44. The number of halogens is 3. The van der Waals surface area contributed by atoms with Crippen molar-refractivity contribution in [2.75, 3.05) is 15.6 Å². The summed E-state index contributed by atoms with van der Waals surface area (Å²) in [5.41, 5.74) is -0.576. The number of hydrogen-bond acceptors (Lipinski definition) is 5. The zero-order chi connectivity index (χ0) is 25.2. The summed E-state index contributed by atoms with van der Waals surface area (Å²) in [6.07, 6.45) is -3.61. The van der Waals surface area contributed by atoms with Crippen LogP contribution in [0.3, 0.4) is 0 Å². The number of aryl methyl sites for hydroxylation is 1. The SMILES string of the molecule is Cc1cccc(N2N=C(C(=O)Nc3ccc(NC(=O)c4ccco4)cc3C(F)(F)F)CCC2=O)c1. The number of anilines is 3. The Bertz CT molecular complexity index is 1320. The minimum atomic E-state index is -4.83. The lowest BCUT2D eigenvalue weighted by Crippen LogP contribution is -2.36. The first kappa shape index (κ1) is 23.7. The molecule has 1 aliphatic heterocycles. The smallest absolute Gasteiger partial charge is 0.418 e. The molecule has 3 amide bonds. The van der Waals surface area contributed by atoms with Gasteiger partial charge >= 0.3 is 6.18 Å². The quantitative estimate of drug-likeness (QED) is 0.533. The fourth-order valence-electron chi connectivity index (χ4n) is 3.44. The molecule has 0 bridgehead atoms. The maximum atomic E-state index is 13.7. The van der Waals surface area contributed by atoms with Crippen LogP contribution in [0.15, 0.2) is 70.4 Å². The normalized spacial score (nSPS) is 13.9. The number of furan rings is 1. The molecular weight excluding hydrogens is 465 g/mol. The Labute approximate surface area is 197 Å². The Balaban J connectivity index is 1.57. The maximum Gasteiger partial charge on any atom is 0.418 e. The third-order valence-corrected chi connectivity index (χ3v) is 5.12. The summed E-state index contributed by atoms with van der Waals surface area (Å²) in [5.74, 6) is -2.00. The largest absolute Gasteiger partial charge is 0.459 e.